The zero-order valence-electron chi connectivity index (χ0n) is 24.9. The van der Waals surface area contributed by atoms with Crippen molar-refractivity contribution in [1.29, 1.82) is 0 Å². The molecule has 0 aliphatic rings. The van der Waals surface area contributed by atoms with Gasteiger partial charge in [-0.3, -0.25) is 10.1 Å². The first-order chi connectivity index (χ1) is 21.8. The van der Waals surface area contributed by atoms with Crippen molar-refractivity contribution in [2.75, 3.05) is 21.3 Å². The van der Waals surface area contributed by atoms with Gasteiger partial charge in [-0.2, -0.15) is 0 Å². The van der Waals surface area contributed by atoms with Crippen LogP contribution in [0, 0.1) is 0 Å². The Morgan fingerprint density at radius 1 is 0.689 bits per heavy atom. The number of hydrogen-bond acceptors (Lipinski definition) is 9. The third-order valence-corrected chi connectivity index (χ3v) is 6.49. The molecule has 0 saturated heterocycles. The molecule has 0 radical (unpaired) electrons. The molecular formula is C35H31NO9. The fourth-order valence-corrected chi connectivity index (χ4v) is 4.19. The van der Waals surface area contributed by atoms with Gasteiger partial charge in [0, 0.05) is 12.5 Å². The van der Waals surface area contributed by atoms with Gasteiger partial charge in [0.1, 0.15) is 23.0 Å². The smallest absolute Gasteiger partial charge is 0.421 e. The fourth-order valence-electron chi connectivity index (χ4n) is 4.19. The lowest BCUT2D eigenvalue weighted by Gasteiger charge is -2.11. The third-order valence-electron chi connectivity index (χ3n) is 6.49. The molecular weight excluding hydrogens is 578 g/mol. The fraction of sp³-hybridized carbons (Fsp3) is 0.143. The molecule has 0 aliphatic heterocycles. The summed E-state index contributed by atoms with van der Waals surface area (Å²) in [5.41, 5.74) is 2.69. The minimum absolute atomic E-state index is 0.00881. The number of rotatable bonds is 11. The van der Waals surface area contributed by atoms with Crippen LogP contribution in [0.5, 0.6) is 23.0 Å². The standard InChI is InChI=1S/C35H31NO9/c1-41-29-19-24(20-30(22-29)42-2)21-31(34(39)43-3)25-12-16-28(17-13-25)44-27-14-9-23(10-15-27)11-18-32(37)36-35(40)45-33(38)26-7-5-4-6-8-26/h4-10,12-17,19-22H,11,18H2,1-3H3,(H,36,37,40). The Hall–Kier alpha value is -5.90. The van der Waals surface area contributed by atoms with E-state index in [1.807, 2.05) is 0 Å². The highest BCUT2D eigenvalue weighted by atomic mass is 16.6. The number of nitrogens with one attached hydrogen (secondary N) is 1. The Labute approximate surface area is 260 Å². The molecule has 0 spiro atoms. The second kappa shape index (κ2) is 15.5. The molecule has 2 amide bonds. The lowest BCUT2D eigenvalue weighted by Crippen LogP contribution is -2.32. The van der Waals surface area contributed by atoms with Crippen LogP contribution in [0.2, 0.25) is 0 Å². The summed E-state index contributed by atoms with van der Waals surface area (Å²) in [5, 5.41) is 2.05. The second-order valence-corrected chi connectivity index (χ2v) is 9.56. The van der Waals surface area contributed by atoms with Crippen molar-refractivity contribution in [3.63, 3.8) is 0 Å². The average molecular weight is 610 g/mol. The van der Waals surface area contributed by atoms with Gasteiger partial charge in [-0.25, -0.2) is 14.4 Å². The van der Waals surface area contributed by atoms with Crippen LogP contribution in [-0.4, -0.2) is 45.3 Å². The Morgan fingerprint density at radius 3 is 1.87 bits per heavy atom. The summed E-state index contributed by atoms with van der Waals surface area (Å²) in [6, 6.07) is 27.4. The van der Waals surface area contributed by atoms with Gasteiger partial charge >= 0.3 is 18.0 Å². The predicted octanol–water partition coefficient (Wildman–Crippen LogP) is 6.24. The molecule has 1 N–H and O–H groups in total. The van der Waals surface area contributed by atoms with E-state index in [0.717, 1.165) is 5.56 Å². The summed E-state index contributed by atoms with van der Waals surface area (Å²) in [6.45, 7) is 0. The number of hydrogen-bond donors (Lipinski definition) is 1. The summed E-state index contributed by atoms with van der Waals surface area (Å²) in [7, 11) is 4.42. The van der Waals surface area contributed by atoms with Gasteiger partial charge in [0.15, 0.2) is 0 Å². The molecule has 230 valence electrons. The Balaban J connectivity index is 1.33. The van der Waals surface area contributed by atoms with Gasteiger partial charge in [-0.1, -0.05) is 42.5 Å². The number of amides is 2. The number of esters is 2. The SMILES string of the molecule is COC(=O)C(=Cc1cc(OC)cc(OC)c1)c1ccc(Oc2ccc(CCC(=O)NC(=O)OC(=O)c3ccccc3)cc2)cc1. The number of aryl methyl sites for hydroxylation is 1. The topological polar surface area (TPSA) is 126 Å². The van der Waals surface area contributed by atoms with Crippen LogP contribution in [0.15, 0.2) is 97.1 Å². The highest BCUT2D eigenvalue weighted by Crippen LogP contribution is 2.29. The molecule has 4 aromatic carbocycles. The lowest BCUT2D eigenvalue weighted by molar-refractivity contribution is -0.133. The van der Waals surface area contributed by atoms with Gasteiger partial charge in [0.2, 0.25) is 5.91 Å². The van der Waals surface area contributed by atoms with Crippen molar-refractivity contribution in [2.45, 2.75) is 12.8 Å². The number of alkyl carbamates (subject to hydrolysis) is 1. The van der Waals surface area contributed by atoms with Crippen LogP contribution >= 0.6 is 0 Å². The number of carbonyl (C=O) groups excluding carboxylic acids is 4. The van der Waals surface area contributed by atoms with E-state index in [-0.39, 0.29) is 12.0 Å². The summed E-state index contributed by atoms with van der Waals surface area (Å²) in [6.07, 6.45) is 0.925. The third kappa shape index (κ3) is 9.29. The Kier molecular flexibility index (Phi) is 11.1. The van der Waals surface area contributed by atoms with Gasteiger partial charge < -0.3 is 23.7 Å². The van der Waals surface area contributed by atoms with Crippen molar-refractivity contribution in [3.05, 3.63) is 119 Å². The summed E-state index contributed by atoms with van der Waals surface area (Å²) in [5.74, 6) is 0.340. The number of benzene rings is 4. The first kappa shape index (κ1) is 32.0. The first-order valence-corrected chi connectivity index (χ1v) is 13.8. The normalized spacial score (nSPS) is 10.8. The highest BCUT2D eigenvalue weighted by molar-refractivity contribution is 6.21. The van der Waals surface area contributed by atoms with Crippen LogP contribution in [0.3, 0.4) is 0 Å². The van der Waals surface area contributed by atoms with E-state index in [4.69, 9.17) is 18.9 Å². The maximum atomic E-state index is 12.6. The highest BCUT2D eigenvalue weighted by Gasteiger charge is 2.16. The number of methoxy groups -OCH3 is 3. The molecule has 0 unspecified atom stereocenters. The van der Waals surface area contributed by atoms with Crippen molar-refractivity contribution in [2.24, 2.45) is 0 Å². The number of carbonyl (C=O) groups is 4. The molecule has 0 saturated carbocycles. The predicted molar refractivity (Wildman–Crippen MR) is 166 cm³/mol. The lowest BCUT2D eigenvalue weighted by atomic mass is 10.0. The average Bonchev–Trinajstić information content (AvgIpc) is 3.07. The van der Waals surface area contributed by atoms with Crippen LogP contribution in [0.25, 0.3) is 11.6 Å². The molecule has 0 heterocycles. The van der Waals surface area contributed by atoms with Crippen molar-refractivity contribution in [1.82, 2.24) is 5.32 Å². The number of ether oxygens (including phenoxy) is 5. The minimum Gasteiger partial charge on any atom is -0.497 e. The molecule has 10 nitrogen and oxygen atoms in total. The molecule has 0 aromatic heterocycles. The van der Waals surface area contributed by atoms with Gasteiger partial charge in [-0.15, -0.1) is 0 Å². The van der Waals surface area contributed by atoms with Crippen LogP contribution in [-0.2, 0) is 25.5 Å². The first-order valence-electron chi connectivity index (χ1n) is 13.8. The molecule has 45 heavy (non-hydrogen) atoms. The van der Waals surface area contributed by atoms with Gasteiger partial charge in [-0.05, 0) is 77.7 Å². The largest absolute Gasteiger partial charge is 0.497 e. The monoisotopic (exact) mass is 609 g/mol. The van der Waals surface area contributed by atoms with Crippen LogP contribution in [0.1, 0.15) is 33.5 Å². The quantitative estimate of drug-likeness (QED) is 0.0911. The zero-order chi connectivity index (χ0) is 32.2. The van der Waals surface area contributed by atoms with Crippen LogP contribution in [0.4, 0.5) is 4.79 Å². The summed E-state index contributed by atoms with van der Waals surface area (Å²) >= 11 is 0. The molecule has 0 fully saturated rings. The zero-order valence-corrected chi connectivity index (χ0v) is 24.9. The maximum Gasteiger partial charge on any atom is 0.421 e. The molecule has 4 rings (SSSR count). The Bertz CT molecular complexity index is 1660. The van der Waals surface area contributed by atoms with Crippen molar-refractivity contribution < 1.29 is 42.9 Å². The maximum absolute atomic E-state index is 12.6. The summed E-state index contributed by atoms with van der Waals surface area (Å²) < 4.78 is 26.3. The van der Waals surface area contributed by atoms with Crippen molar-refractivity contribution in [3.8, 4) is 23.0 Å². The molecule has 0 aliphatic carbocycles. The van der Waals surface area contributed by atoms with E-state index in [9.17, 15) is 19.2 Å². The van der Waals surface area contributed by atoms with Gasteiger partial charge in [0.05, 0.1) is 32.5 Å². The van der Waals surface area contributed by atoms with E-state index < -0.39 is 23.9 Å². The molecule has 4 aromatic rings. The Morgan fingerprint density at radius 2 is 1.29 bits per heavy atom. The minimum atomic E-state index is -1.13. The second-order valence-electron chi connectivity index (χ2n) is 9.56. The molecule has 0 atom stereocenters. The van der Waals surface area contributed by atoms with Gasteiger partial charge in [0.25, 0.3) is 0 Å². The number of imide groups is 1. The van der Waals surface area contributed by atoms with E-state index in [1.165, 1.54) is 19.2 Å². The van der Waals surface area contributed by atoms with E-state index in [1.54, 1.807) is 105 Å². The molecule has 0 bridgehead atoms. The summed E-state index contributed by atoms with van der Waals surface area (Å²) in [4.78, 5) is 48.6. The van der Waals surface area contributed by atoms with E-state index in [0.29, 0.717) is 46.1 Å². The van der Waals surface area contributed by atoms with E-state index >= 15 is 0 Å². The van der Waals surface area contributed by atoms with Crippen molar-refractivity contribution >= 4 is 35.6 Å². The van der Waals surface area contributed by atoms with Crippen LogP contribution < -0.4 is 19.5 Å². The van der Waals surface area contributed by atoms with E-state index in [2.05, 4.69) is 10.1 Å². The molecule has 10 heteroatoms.